The number of nitrogens with zero attached hydrogens (tertiary/aromatic N) is 5. The Balaban J connectivity index is 1.41. The lowest BCUT2D eigenvalue weighted by molar-refractivity contribution is 0.198. The molecule has 7 nitrogen and oxygen atoms in total. The zero-order chi connectivity index (χ0) is 19.3. The number of rotatable bonds is 6. The van der Waals surface area contributed by atoms with Gasteiger partial charge in [0.25, 0.3) is 0 Å². The number of aromatic nitrogens is 4. The van der Waals surface area contributed by atoms with Gasteiger partial charge < -0.3 is 14.0 Å². The van der Waals surface area contributed by atoms with E-state index in [4.69, 9.17) is 9.47 Å². The molecule has 1 aliphatic heterocycles. The van der Waals surface area contributed by atoms with Gasteiger partial charge in [-0.05, 0) is 50.2 Å². The highest BCUT2D eigenvalue weighted by molar-refractivity contribution is 5.35. The topological polar surface area (TPSA) is 65.3 Å². The summed E-state index contributed by atoms with van der Waals surface area (Å²) in [5, 5.41) is 0. The molecule has 1 fully saturated rings. The van der Waals surface area contributed by atoms with Gasteiger partial charge in [0.2, 0.25) is 5.88 Å². The number of ether oxygens (including phenoxy) is 2. The van der Waals surface area contributed by atoms with E-state index < -0.39 is 0 Å². The van der Waals surface area contributed by atoms with Crippen LogP contribution in [0.4, 0.5) is 0 Å². The molecule has 3 heterocycles. The summed E-state index contributed by atoms with van der Waals surface area (Å²) in [5.41, 5.74) is 2.18. The Morgan fingerprint density at radius 3 is 2.43 bits per heavy atom. The normalized spacial score (nSPS) is 15.5. The van der Waals surface area contributed by atoms with Crippen molar-refractivity contribution in [1.82, 2.24) is 24.4 Å². The molecule has 1 aromatic carbocycles. The molecule has 0 aliphatic carbocycles. The van der Waals surface area contributed by atoms with Gasteiger partial charge >= 0.3 is 0 Å². The molecule has 0 saturated carbocycles. The second-order valence-corrected chi connectivity index (χ2v) is 7.07. The molecule has 0 unspecified atom stereocenters. The summed E-state index contributed by atoms with van der Waals surface area (Å²) >= 11 is 0. The number of benzene rings is 1. The fraction of sp³-hybridized carbons (Fsp3) is 0.381. The first-order chi connectivity index (χ1) is 13.7. The Bertz CT molecular complexity index is 901. The summed E-state index contributed by atoms with van der Waals surface area (Å²) < 4.78 is 13.3. The molecule has 0 bridgehead atoms. The summed E-state index contributed by atoms with van der Waals surface area (Å²) in [5.74, 6) is 2.48. The second kappa shape index (κ2) is 8.39. The lowest BCUT2D eigenvalue weighted by Gasteiger charge is -2.31. The highest BCUT2D eigenvalue weighted by Gasteiger charge is 2.25. The van der Waals surface area contributed by atoms with E-state index in [-0.39, 0.29) is 0 Å². The Hall–Kier alpha value is -2.93. The maximum absolute atomic E-state index is 6.04. The van der Waals surface area contributed by atoms with Gasteiger partial charge in [-0.2, -0.15) is 0 Å². The molecule has 146 valence electrons. The van der Waals surface area contributed by atoms with Crippen molar-refractivity contribution in [3.05, 3.63) is 60.6 Å². The fourth-order valence-electron chi connectivity index (χ4n) is 3.58. The molecule has 2 aromatic heterocycles. The molecule has 0 atom stereocenters. The Kier molecular flexibility index (Phi) is 5.53. The minimum absolute atomic E-state index is 0.352. The summed E-state index contributed by atoms with van der Waals surface area (Å²) in [7, 11) is 3.69. The predicted molar refractivity (Wildman–Crippen MR) is 106 cm³/mol. The van der Waals surface area contributed by atoms with Gasteiger partial charge in [0.1, 0.15) is 17.2 Å². The molecule has 1 aliphatic rings. The average Bonchev–Trinajstić information content (AvgIpc) is 3.14. The highest BCUT2D eigenvalue weighted by Crippen LogP contribution is 2.34. The van der Waals surface area contributed by atoms with Crippen molar-refractivity contribution in [2.24, 2.45) is 7.05 Å². The van der Waals surface area contributed by atoms with Crippen LogP contribution >= 0.6 is 0 Å². The van der Waals surface area contributed by atoms with Gasteiger partial charge in [-0.1, -0.05) is 0 Å². The Morgan fingerprint density at radius 1 is 1.04 bits per heavy atom. The second-order valence-electron chi connectivity index (χ2n) is 7.07. The van der Waals surface area contributed by atoms with Crippen molar-refractivity contribution in [2.45, 2.75) is 25.3 Å². The maximum atomic E-state index is 6.04. The first-order valence-corrected chi connectivity index (χ1v) is 9.53. The number of aryl methyl sites for hydroxylation is 1. The van der Waals surface area contributed by atoms with Gasteiger partial charge in [0.05, 0.1) is 19.1 Å². The number of imidazole rings is 1. The third-order valence-electron chi connectivity index (χ3n) is 5.24. The van der Waals surface area contributed by atoms with Crippen molar-refractivity contribution in [1.29, 1.82) is 0 Å². The van der Waals surface area contributed by atoms with E-state index in [1.54, 1.807) is 19.5 Å². The highest BCUT2D eigenvalue weighted by atomic mass is 16.5. The number of hydrogen-bond acceptors (Lipinski definition) is 6. The summed E-state index contributed by atoms with van der Waals surface area (Å²) in [6, 6.07) is 7.52. The first-order valence-electron chi connectivity index (χ1n) is 9.53. The summed E-state index contributed by atoms with van der Waals surface area (Å²) in [6.45, 7) is 2.97. The molecule has 0 radical (unpaired) electrons. The molecule has 0 N–H and O–H groups in total. The van der Waals surface area contributed by atoms with Crippen LogP contribution in [0.5, 0.6) is 17.4 Å². The van der Waals surface area contributed by atoms with E-state index in [1.807, 2.05) is 43.8 Å². The van der Waals surface area contributed by atoms with Crippen molar-refractivity contribution in [3.63, 3.8) is 0 Å². The number of piperidine rings is 1. The van der Waals surface area contributed by atoms with Gasteiger partial charge in [-0.25, -0.2) is 9.97 Å². The zero-order valence-corrected chi connectivity index (χ0v) is 16.3. The first kappa shape index (κ1) is 18.4. The minimum atomic E-state index is 0.352. The van der Waals surface area contributed by atoms with Crippen LogP contribution in [-0.4, -0.2) is 44.6 Å². The Morgan fingerprint density at radius 2 is 1.75 bits per heavy atom. The molecule has 28 heavy (non-hydrogen) atoms. The summed E-state index contributed by atoms with van der Waals surface area (Å²) in [6.07, 6.45) is 9.29. The molecule has 1 saturated heterocycles. The number of likely N-dealkylation sites (tertiary alicyclic amines) is 1. The van der Waals surface area contributed by atoms with Crippen LogP contribution in [0.3, 0.4) is 0 Å². The predicted octanol–water partition coefficient (Wildman–Crippen LogP) is 3.39. The minimum Gasteiger partial charge on any atom is -0.497 e. The third kappa shape index (κ3) is 4.14. The molecule has 3 aromatic rings. The van der Waals surface area contributed by atoms with Crippen LogP contribution in [0.15, 0.2) is 49.2 Å². The molecule has 0 amide bonds. The Labute approximate surface area is 165 Å². The monoisotopic (exact) mass is 379 g/mol. The average molecular weight is 379 g/mol. The zero-order valence-electron chi connectivity index (χ0n) is 16.3. The number of methoxy groups -OCH3 is 1. The van der Waals surface area contributed by atoms with Gasteiger partial charge in [-0.3, -0.25) is 9.88 Å². The molecular formula is C21H25N5O2. The van der Waals surface area contributed by atoms with Crippen molar-refractivity contribution in [3.8, 4) is 17.4 Å². The molecular weight excluding hydrogens is 354 g/mol. The third-order valence-corrected chi connectivity index (χ3v) is 5.24. The quantitative estimate of drug-likeness (QED) is 0.654. The molecule has 7 heteroatoms. The van der Waals surface area contributed by atoms with Crippen LogP contribution in [0.1, 0.15) is 30.1 Å². The number of hydrogen-bond donors (Lipinski definition) is 0. The smallest absolute Gasteiger partial charge is 0.241 e. The largest absolute Gasteiger partial charge is 0.497 e. The maximum Gasteiger partial charge on any atom is 0.241 e. The van der Waals surface area contributed by atoms with Crippen LogP contribution in [0, 0.1) is 0 Å². The van der Waals surface area contributed by atoms with Crippen LogP contribution < -0.4 is 9.47 Å². The van der Waals surface area contributed by atoms with Crippen molar-refractivity contribution < 1.29 is 9.47 Å². The van der Waals surface area contributed by atoms with E-state index in [1.165, 1.54) is 5.69 Å². The molecule has 4 rings (SSSR count). The SMILES string of the molecule is COc1ccc(Oc2nccnc2C2CCN(Cc3cncn3C)CC2)cc1. The molecule has 0 spiro atoms. The van der Waals surface area contributed by atoms with Crippen molar-refractivity contribution >= 4 is 0 Å². The van der Waals surface area contributed by atoms with Crippen LogP contribution in [0.25, 0.3) is 0 Å². The summed E-state index contributed by atoms with van der Waals surface area (Å²) in [4.78, 5) is 15.7. The van der Waals surface area contributed by atoms with E-state index in [2.05, 4.69) is 24.4 Å². The lowest BCUT2D eigenvalue weighted by atomic mass is 9.93. The van der Waals surface area contributed by atoms with E-state index >= 15 is 0 Å². The fourth-order valence-corrected chi connectivity index (χ4v) is 3.58. The van der Waals surface area contributed by atoms with Crippen LogP contribution in [-0.2, 0) is 13.6 Å². The van der Waals surface area contributed by atoms with Crippen LogP contribution in [0.2, 0.25) is 0 Å². The van der Waals surface area contributed by atoms with Crippen molar-refractivity contribution in [2.75, 3.05) is 20.2 Å². The van der Waals surface area contributed by atoms with E-state index in [9.17, 15) is 0 Å². The van der Waals surface area contributed by atoms with Gasteiger partial charge in [0, 0.05) is 38.1 Å². The van der Waals surface area contributed by atoms with E-state index in [0.29, 0.717) is 11.8 Å². The standard InChI is InChI=1S/C21H25N5O2/c1-25-15-22-13-17(25)14-26-11-7-16(8-12-26)20-21(24-10-9-23-20)28-19-5-3-18(27-2)4-6-19/h3-6,9-10,13,15-16H,7-8,11-12,14H2,1-2H3. The van der Waals surface area contributed by atoms with Gasteiger partial charge in [0.15, 0.2) is 0 Å². The van der Waals surface area contributed by atoms with E-state index in [0.717, 1.165) is 49.7 Å². The van der Waals surface area contributed by atoms with Gasteiger partial charge in [-0.15, -0.1) is 0 Å². The lowest BCUT2D eigenvalue weighted by Crippen LogP contribution is -2.33.